The third kappa shape index (κ3) is 5.43. The van der Waals surface area contributed by atoms with Crippen LogP contribution < -0.4 is 10.1 Å². The fourth-order valence-corrected chi connectivity index (χ4v) is 2.86. The normalized spacial score (nSPS) is 17.6. The monoisotopic (exact) mass is 319 g/mol. The highest BCUT2D eigenvalue weighted by Crippen LogP contribution is 2.19. The van der Waals surface area contributed by atoms with Crippen LogP contribution in [0.3, 0.4) is 0 Å². The largest absolute Gasteiger partial charge is 0.489 e. The molecule has 0 aliphatic carbocycles. The number of ether oxygens (including phenoxy) is 1. The molecule has 0 bridgehead atoms. The number of carbonyl (C=O) groups is 1. The topological polar surface area (TPSA) is 44.8 Å². The second kappa shape index (κ2) is 8.77. The number of aryl methyl sites for hydroxylation is 1. The Hall–Kier alpha value is -1.75. The summed E-state index contributed by atoms with van der Waals surface area (Å²) in [5.74, 6) is 0.888. The molecule has 23 heavy (non-hydrogen) atoms. The lowest BCUT2D eigenvalue weighted by Gasteiger charge is -2.21. The number of nitrogens with one attached hydrogen (secondary N) is 1. The summed E-state index contributed by atoms with van der Waals surface area (Å²) in [6.45, 7) is 11.4. The van der Waals surface area contributed by atoms with Crippen LogP contribution in [0.25, 0.3) is 0 Å². The van der Waals surface area contributed by atoms with Crippen molar-refractivity contribution >= 4 is 6.03 Å². The van der Waals surface area contributed by atoms with Gasteiger partial charge in [-0.15, -0.1) is 0 Å². The highest BCUT2D eigenvalue weighted by molar-refractivity contribution is 5.74. The van der Waals surface area contributed by atoms with Crippen molar-refractivity contribution in [3.05, 3.63) is 29.8 Å². The molecule has 0 saturated carbocycles. The van der Waals surface area contributed by atoms with Crippen molar-refractivity contribution in [2.24, 2.45) is 0 Å². The first-order chi connectivity index (χ1) is 11.1. The standard InChI is InChI=1S/C18H29N3O2/c1-4-20(5-2)12-10-19-18(22)21-11-9-17(14-21)23-16-8-6-7-15(3)13-16/h6-8,13,17H,4-5,9-12,14H2,1-3H3,(H,19,22). The molecule has 1 atom stereocenters. The van der Waals surface area contributed by atoms with Gasteiger partial charge in [0.15, 0.2) is 0 Å². The lowest BCUT2D eigenvalue weighted by Crippen LogP contribution is -2.42. The number of likely N-dealkylation sites (tertiary alicyclic amines) is 1. The van der Waals surface area contributed by atoms with Crippen LogP contribution in [0.2, 0.25) is 0 Å². The smallest absolute Gasteiger partial charge is 0.317 e. The molecular formula is C18H29N3O2. The average Bonchev–Trinajstić information content (AvgIpc) is 3.00. The van der Waals surface area contributed by atoms with Gasteiger partial charge in [-0.05, 0) is 37.7 Å². The van der Waals surface area contributed by atoms with E-state index in [0.717, 1.165) is 38.3 Å². The molecule has 0 radical (unpaired) electrons. The van der Waals surface area contributed by atoms with E-state index < -0.39 is 0 Å². The van der Waals surface area contributed by atoms with Gasteiger partial charge in [-0.1, -0.05) is 26.0 Å². The minimum Gasteiger partial charge on any atom is -0.489 e. The molecule has 1 aromatic rings. The van der Waals surface area contributed by atoms with E-state index in [4.69, 9.17) is 4.74 Å². The molecule has 1 N–H and O–H groups in total. The average molecular weight is 319 g/mol. The highest BCUT2D eigenvalue weighted by Gasteiger charge is 2.27. The van der Waals surface area contributed by atoms with Gasteiger partial charge >= 0.3 is 6.03 Å². The van der Waals surface area contributed by atoms with E-state index in [2.05, 4.69) is 37.1 Å². The Labute approximate surface area is 139 Å². The molecule has 1 heterocycles. The summed E-state index contributed by atoms with van der Waals surface area (Å²) >= 11 is 0. The first kappa shape index (κ1) is 17.6. The predicted molar refractivity (Wildman–Crippen MR) is 93.0 cm³/mol. The number of carbonyl (C=O) groups excluding carboxylic acids is 1. The fourth-order valence-electron chi connectivity index (χ4n) is 2.86. The van der Waals surface area contributed by atoms with E-state index in [1.165, 1.54) is 5.56 Å². The molecule has 1 aliphatic heterocycles. The Morgan fingerprint density at radius 1 is 1.39 bits per heavy atom. The van der Waals surface area contributed by atoms with Gasteiger partial charge in [0.05, 0.1) is 6.54 Å². The minimum atomic E-state index is 0.0208. The van der Waals surface area contributed by atoms with Gasteiger partial charge in [0.1, 0.15) is 11.9 Å². The van der Waals surface area contributed by atoms with Crippen molar-refractivity contribution in [1.29, 1.82) is 0 Å². The third-order valence-electron chi connectivity index (χ3n) is 4.32. The SMILES string of the molecule is CCN(CC)CCNC(=O)N1CCC(Oc2cccc(C)c2)C1. The Kier molecular flexibility index (Phi) is 6.71. The van der Waals surface area contributed by atoms with Crippen LogP contribution in [-0.2, 0) is 0 Å². The quantitative estimate of drug-likeness (QED) is 0.840. The van der Waals surface area contributed by atoms with Gasteiger partial charge in [0.2, 0.25) is 0 Å². The summed E-state index contributed by atoms with van der Waals surface area (Å²) in [4.78, 5) is 16.3. The van der Waals surface area contributed by atoms with E-state index in [9.17, 15) is 4.79 Å². The number of urea groups is 1. The van der Waals surface area contributed by atoms with E-state index in [1.54, 1.807) is 0 Å². The molecule has 2 amide bonds. The molecule has 2 rings (SSSR count). The number of hydrogen-bond donors (Lipinski definition) is 1. The highest BCUT2D eigenvalue weighted by atomic mass is 16.5. The maximum atomic E-state index is 12.2. The second-order valence-corrected chi connectivity index (χ2v) is 6.05. The third-order valence-corrected chi connectivity index (χ3v) is 4.32. The van der Waals surface area contributed by atoms with Gasteiger partial charge in [-0.2, -0.15) is 0 Å². The molecule has 5 heteroatoms. The van der Waals surface area contributed by atoms with Gasteiger partial charge in [0.25, 0.3) is 0 Å². The first-order valence-corrected chi connectivity index (χ1v) is 8.60. The molecular weight excluding hydrogens is 290 g/mol. The maximum absolute atomic E-state index is 12.2. The molecule has 1 fully saturated rings. The number of hydrogen-bond acceptors (Lipinski definition) is 3. The van der Waals surface area contributed by atoms with Crippen molar-refractivity contribution < 1.29 is 9.53 Å². The number of benzene rings is 1. The summed E-state index contributed by atoms with van der Waals surface area (Å²) in [7, 11) is 0. The van der Waals surface area contributed by atoms with Crippen LogP contribution in [0, 0.1) is 6.92 Å². The lowest BCUT2D eigenvalue weighted by molar-refractivity contribution is 0.185. The van der Waals surface area contributed by atoms with Crippen molar-refractivity contribution in [1.82, 2.24) is 15.1 Å². The fraction of sp³-hybridized carbons (Fsp3) is 0.611. The van der Waals surface area contributed by atoms with Crippen LogP contribution >= 0.6 is 0 Å². The second-order valence-electron chi connectivity index (χ2n) is 6.05. The maximum Gasteiger partial charge on any atom is 0.317 e. The molecule has 5 nitrogen and oxygen atoms in total. The zero-order valence-electron chi connectivity index (χ0n) is 14.5. The van der Waals surface area contributed by atoms with Crippen LogP contribution in [0.4, 0.5) is 4.79 Å². The molecule has 128 valence electrons. The zero-order chi connectivity index (χ0) is 16.7. The van der Waals surface area contributed by atoms with Gasteiger partial charge in [0, 0.05) is 26.1 Å². The van der Waals surface area contributed by atoms with Crippen LogP contribution in [0.1, 0.15) is 25.8 Å². The van der Waals surface area contributed by atoms with Gasteiger partial charge in [-0.25, -0.2) is 4.79 Å². The summed E-state index contributed by atoms with van der Waals surface area (Å²) in [5.41, 5.74) is 1.19. The molecule has 1 saturated heterocycles. The van der Waals surface area contributed by atoms with Gasteiger partial charge < -0.3 is 19.9 Å². The minimum absolute atomic E-state index is 0.0208. The van der Waals surface area contributed by atoms with E-state index in [0.29, 0.717) is 13.1 Å². The molecule has 0 spiro atoms. The molecule has 1 unspecified atom stereocenters. The van der Waals surface area contributed by atoms with E-state index >= 15 is 0 Å². The Morgan fingerprint density at radius 3 is 2.87 bits per heavy atom. The number of nitrogens with zero attached hydrogens (tertiary/aromatic N) is 2. The molecule has 1 aromatic carbocycles. The Bertz CT molecular complexity index is 503. The number of likely N-dealkylation sites (N-methyl/N-ethyl adjacent to an activating group) is 1. The lowest BCUT2D eigenvalue weighted by atomic mass is 10.2. The Balaban J connectivity index is 1.73. The molecule has 1 aliphatic rings. The van der Waals surface area contributed by atoms with Crippen LogP contribution in [0.5, 0.6) is 5.75 Å². The Morgan fingerprint density at radius 2 is 2.17 bits per heavy atom. The summed E-state index contributed by atoms with van der Waals surface area (Å²) in [6, 6.07) is 8.08. The van der Waals surface area contributed by atoms with Crippen molar-refractivity contribution in [3.63, 3.8) is 0 Å². The number of amides is 2. The summed E-state index contributed by atoms with van der Waals surface area (Å²) < 4.78 is 5.98. The molecule has 0 aromatic heterocycles. The van der Waals surface area contributed by atoms with Crippen LogP contribution in [-0.4, -0.2) is 61.2 Å². The van der Waals surface area contributed by atoms with Crippen molar-refractivity contribution in [3.8, 4) is 5.75 Å². The zero-order valence-corrected chi connectivity index (χ0v) is 14.5. The first-order valence-electron chi connectivity index (χ1n) is 8.60. The summed E-state index contributed by atoms with van der Waals surface area (Å²) in [5, 5.41) is 3.01. The van der Waals surface area contributed by atoms with Gasteiger partial charge in [-0.3, -0.25) is 0 Å². The predicted octanol–water partition coefficient (Wildman–Crippen LogP) is 2.50. The van der Waals surface area contributed by atoms with Crippen molar-refractivity contribution in [2.75, 3.05) is 39.3 Å². The van der Waals surface area contributed by atoms with Crippen LogP contribution in [0.15, 0.2) is 24.3 Å². The van der Waals surface area contributed by atoms with E-state index in [1.807, 2.05) is 23.1 Å². The van der Waals surface area contributed by atoms with E-state index in [-0.39, 0.29) is 12.1 Å². The summed E-state index contributed by atoms with van der Waals surface area (Å²) in [6.07, 6.45) is 0.975. The van der Waals surface area contributed by atoms with Crippen molar-refractivity contribution in [2.45, 2.75) is 33.3 Å². The number of rotatable bonds is 7.